The van der Waals surface area contributed by atoms with Gasteiger partial charge in [0.15, 0.2) is 0 Å². The summed E-state index contributed by atoms with van der Waals surface area (Å²) >= 11 is 5.46. The van der Waals surface area contributed by atoms with Gasteiger partial charge in [-0.05, 0) is 6.92 Å². The van der Waals surface area contributed by atoms with E-state index in [1.54, 1.807) is 0 Å². The third-order valence-corrected chi connectivity index (χ3v) is 1.45. The van der Waals surface area contributed by atoms with Crippen LogP contribution in [0.2, 0.25) is 5.15 Å². The highest BCUT2D eigenvalue weighted by atomic mass is 35.5. The molecule has 1 radical (unpaired) electrons. The number of halogens is 3. The maximum atomic E-state index is 11.8. The average Bonchev–Trinajstić information content (AvgIpc) is 1.94. The van der Waals surface area contributed by atoms with Crippen molar-refractivity contribution in [2.45, 2.75) is 6.92 Å². The second-order valence-electron chi connectivity index (χ2n) is 1.89. The number of hydrogen-bond donors (Lipinski definition) is 0. The van der Waals surface area contributed by atoms with E-state index in [4.69, 9.17) is 11.6 Å². The maximum Gasteiger partial charge on any atom is 0.359 e. The van der Waals surface area contributed by atoms with Crippen LogP contribution in [-0.2, 0) is 0 Å². The van der Waals surface area contributed by atoms with Crippen molar-refractivity contribution in [1.29, 1.82) is 0 Å². The van der Waals surface area contributed by atoms with Crippen molar-refractivity contribution >= 4 is 11.6 Å². The van der Waals surface area contributed by atoms with E-state index >= 15 is 0 Å². The third kappa shape index (κ3) is 1.83. The summed E-state index contributed by atoms with van der Waals surface area (Å²) in [6, 6.07) is 0. The molecule has 0 unspecified atom stereocenters. The minimum Gasteiger partial charge on any atom is -0.247 e. The molecule has 11 heavy (non-hydrogen) atoms. The van der Waals surface area contributed by atoms with Gasteiger partial charge in [-0.3, -0.25) is 0 Å². The lowest BCUT2D eigenvalue weighted by Crippen LogP contribution is -1.95. The normalized spacial score (nSPS) is 10.6. The number of nitrogens with zero attached hydrogens (tertiary/aromatic N) is 2. The second kappa shape index (κ2) is 3.09. The van der Waals surface area contributed by atoms with Crippen molar-refractivity contribution in [1.82, 2.24) is 9.97 Å². The third-order valence-electron chi connectivity index (χ3n) is 1.08. The predicted octanol–water partition coefficient (Wildman–Crippen LogP) is 2.22. The van der Waals surface area contributed by atoms with E-state index in [1.807, 2.05) is 0 Å². The Hall–Kier alpha value is -0.770. The van der Waals surface area contributed by atoms with Gasteiger partial charge in [-0.2, -0.15) is 8.78 Å². The van der Waals surface area contributed by atoms with Crippen molar-refractivity contribution in [3.05, 3.63) is 29.2 Å². The molecular weight excluding hydrogens is 174 g/mol. The first kappa shape index (κ1) is 8.33. The smallest absolute Gasteiger partial charge is 0.247 e. The van der Waals surface area contributed by atoms with Gasteiger partial charge in [0, 0.05) is 0 Å². The fourth-order valence-corrected chi connectivity index (χ4v) is 0.649. The summed E-state index contributed by atoms with van der Waals surface area (Å²) in [5.74, 6) is 0. The lowest BCUT2D eigenvalue weighted by Gasteiger charge is -1.98. The zero-order valence-corrected chi connectivity index (χ0v) is 6.36. The Kier molecular flexibility index (Phi) is 2.34. The van der Waals surface area contributed by atoms with Crippen LogP contribution in [0.1, 0.15) is 11.4 Å². The van der Waals surface area contributed by atoms with E-state index in [0.29, 0.717) is 5.69 Å². The van der Waals surface area contributed by atoms with E-state index in [-0.39, 0.29) is 5.15 Å². The van der Waals surface area contributed by atoms with Gasteiger partial charge in [0.25, 0.3) is 0 Å². The summed E-state index contributed by atoms with van der Waals surface area (Å²) < 4.78 is 23.7. The van der Waals surface area contributed by atoms with Crippen LogP contribution in [0.25, 0.3) is 0 Å². The molecule has 1 heterocycles. The molecule has 0 fully saturated rings. The number of hydrogen-bond acceptors (Lipinski definition) is 2. The van der Waals surface area contributed by atoms with Crippen molar-refractivity contribution in [3.63, 3.8) is 0 Å². The molecule has 0 saturated heterocycles. The molecule has 59 valence electrons. The molecule has 0 atom stereocenters. The average molecular weight is 178 g/mol. The lowest BCUT2D eigenvalue weighted by atomic mass is 10.4. The van der Waals surface area contributed by atoms with E-state index in [2.05, 4.69) is 9.97 Å². The van der Waals surface area contributed by atoms with Gasteiger partial charge < -0.3 is 0 Å². The fourth-order valence-electron chi connectivity index (χ4n) is 0.558. The predicted molar refractivity (Wildman–Crippen MR) is 36.3 cm³/mol. The van der Waals surface area contributed by atoms with E-state index < -0.39 is 12.1 Å². The summed E-state index contributed by atoms with van der Waals surface area (Å²) in [6.45, 7) is 1.52. The SMILES string of the molecule is Cc1nc([C](F)F)cnc1Cl. The molecule has 0 aliphatic heterocycles. The standard InChI is InChI=1S/C6H4ClF2N2/c1-3-5(7)10-2-4(11-3)6(8)9/h2H,1H3. The van der Waals surface area contributed by atoms with Crippen LogP contribution in [-0.4, -0.2) is 9.97 Å². The Morgan fingerprint density at radius 1 is 1.55 bits per heavy atom. The van der Waals surface area contributed by atoms with E-state index in [9.17, 15) is 8.78 Å². The molecule has 1 aromatic rings. The Bertz CT molecular complexity index is 265. The fraction of sp³-hybridized carbons (Fsp3) is 0.167. The highest BCUT2D eigenvalue weighted by molar-refractivity contribution is 6.29. The summed E-state index contributed by atoms with van der Waals surface area (Å²) in [5.41, 5.74) is -0.121. The number of aromatic nitrogens is 2. The van der Waals surface area contributed by atoms with Crippen LogP contribution in [0.4, 0.5) is 8.78 Å². The first-order valence-corrected chi connectivity index (χ1v) is 3.16. The minimum atomic E-state index is -1.85. The molecule has 0 amide bonds. The van der Waals surface area contributed by atoms with Gasteiger partial charge in [0.05, 0.1) is 11.9 Å². The zero-order valence-electron chi connectivity index (χ0n) is 5.61. The molecule has 0 saturated carbocycles. The van der Waals surface area contributed by atoms with Gasteiger partial charge in [-0.1, -0.05) is 11.6 Å². The molecule has 0 bridgehead atoms. The molecule has 5 heteroatoms. The van der Waals surface area contributed by atoms with Crippen LogP contribution in [0.15, 0.2) is 6.20 Å². The van der Waals surface area contributed by atoms with Gasteiger partial charge in [0.1, 0.15) is 10.8 Å². The van der Waals surface area contributed by atoms with Gasteiger partial charge >= 0.3 is 6.43 Å². The molecule has 0 aliphatic rings. The first-order valence-electron chi connectivity index (χ1n) is 2.78. The molecule has 1 aromatic heterocycles. The van der Waals surface area contributed by atoms with Crippen LogP contribution in [0, 0.1) is 13.3 Å². The minimum absolute atomic E-state index is 0.148. The van der Waals surface area contributed by atoms with Gasteiger partial charge in [-0.25, -0.2) is 9.97 Å². The first-order chi connectivity index (χ1) is 5.11. The molecule has 0 spiro atoms. The Morgan fingerprint density at radius 2 is 2.18 bits per heavy atom. The summed E-state index contributed by atoms with van der Waals surface area (Å²) in [4.78, 5) is 6.99. The van der Waals surface area contributed by atoms with Crippen LogP contribution < -0.4 is 0 Å². The van der Waals surface area contributed by atoms with E-state index in [1.165, 1.54) is 6.92 Å². The largest absolute Gasteiger partial charge is 0.359 e. The van der Waals surface area contributed by atoms with Crippen LogP contribution >= 0.6 is 11.6 Å². The van der Waals surface area contributed by atoms with Crippen molar-refractivity contribution < 1.29 is 8.78 Å². The summed E-state index contributed by atoms with van der Waals surface area (Å²) in [5, 5.41) is 0.148. The Morgan fingerprint density at radius 3 is 2.64 bits per heavy atom. The van der Waals surface area contributed by atoms with Gasteiger partial charge in [-0.15, -0.1) is 0 Å². The lowest BCUT2D eigenvalue weighted by molar-refractivity contribution is 0.318. The quantitative estimate of drug-likeness (QED) is 0.657. The Labute approximate surface area is 67.2 Å². The molecule has 2 nitrogen and oxygen atoms in total. The highest BCUT2D eigenvalue weighted by Crippen LogP contribution is 2.16. The molecular formula is C6H4ClF2N2. The second-order valence-corrected chi connectivity index (χ2v) is 2.25. The molecule has 1 rings (SSSR count). The topological polar surface area (TPSA) is 25.8 Å². The van der Waals surface area contributed by atoms with Gasteiger partial charge in [0.2, 0.25) is 0 Å². The summed E-state index contributed by atoms with van der Waals surface area (Å²) in [6.07, 6.45) is -0.915. The van der Waals surface area contributed by atoms with Crippen molar-refractivity contribution in [3.8, 4) is 0 Å². The summed E-state index contributed by atoms with van der Waals surface area (Å²) in [7, 11) is 0. The molecule has 0 aliphatic carbocycles. The van der Waals surface area contributed by atoms with E-state index in [0.717, 1.165) is 6.20 Å². The van der Waals surface area contributed by atoms with Crippen molar-refractivity contribution in [2.24, 2.45) is 0 Å². The molecule has 0 N–H and O–H groups in total. The number of rotatable bonds is 1. The van der Waals surface area contributed by atoms with Crippen molar-refractivity contribution in [2.75, 3.05) is 0 Å². The number of aryl methyl sites for hydroxylation is 1. The monoisotopic (exact) mass is 177 g/mol. The maximum absolute atomic E-state index is 11.8. The van der Waals surface area contributed by atoms with Crippen LogP contribution in [0.5, 0.6) is 0 Å². The van der Waals surface area contributed by atoms with Crippen LogP contribution in [0.3, 0.4) is 0 Å². The molecule has 0 aromatic carbocycles. The zero-order chi connectivity index (χ0) is 8.43. The highest BCUT2D eigenvalue weighted by Gasteiger charge is 2.12. The Balaban J connectivity index is 3.05.